The average Bonchev–Trinajstić information content (AvgIpc) is 2.98. The summed E-state index contributed by atoms with van der Waals surface area (Å²) in [6.07, 6.45) is 0.933. The first-order chi connectivity index (χ1) is 10.1. The van der Waals surface area contributed by atoms with E-state index >= 15 is 0 Å². The van der Waals surface area contributed by atoms with Gasteiger partial charge in [-0.1, -0.05) is 17.7 Å². The molecule has 3 rings (SSSR count). The first kappa shape index (κ1) is 14.7. The van der Waals surface area contributed by atoms with Crippen LogP contribution in [0.2, 0.25) is 0 Å². The van der Waals surface area contributed by atoms with Crippen LogP contribution in [0.4, 0.5) is 0 Å². The van der Waals surface area contributed by atoms with Crippen LogP contribution in [0.3, 0.4) is 0 Å². The maximum atomic E-state index is 5.83. The molecule has 2 nitrogen and oxygen atoms in total. The van der Waals surface area contributed by atoms with Crippen LogP contribution in [0.15, 0.2) is 29.6 Å². The van der Waals surface area contributed by atoms with Crippen LogP contribution < -0.4 is 11.3 Å². The standard InChI is InChI=1S/C17H20N2S2/c1-10-6-11(2)13(12(3)7-10)8-14(19-18)16-9-17-15(21-16)4-5-20-17/h4-7,9,14,19H,8,18H2,1-3H3. The average molecular weight is 316 g/mol. The highest BCUT2D eigenvalue weighted by Gasteiger charge is 2.16. The lowest BCUT2D eigenvalue weighted by Crippen LogP contribution is -2.29. The van der Waals surface area contributed by atoms with Gasteiger partial charge in [-0.25, -0.2) is 0 Å². The highest BCUT2D eigenvalue weighted by atomic mass is 32.1. The zero-order valence-corrected chi connectivity index (χ0v) is 14.2. The molecule has 0 bridgehead atoms. The summed E-state index contributed by atoms with van der Waals surface area (Å²) in [5, 5.41) is 2.14. The first-order valence-corrected chi connectivity index (χ1v) is 8.78. The molecule has 0 aliphatic rings. The number of hydrogen-bond donors (Lipinski definition) is 2. The van der Waals surface area contributed by atoms with Gasteiger partial charge in [-0.15, -0.1) is 22.7 Å². The van der Waals surface area contributed by atoms with Gasteiger partial charge in [-0.05, 0) is 61.4 Å². The monoisotopic (exact) mass is 316 g/mol. The maximum absolute atomic E-state index is 5.83. The van der Waals surface area contributed by atoms with Crippen LogP contribution in [0.1, 0.15) is 33.2 Å². The largest absolute Gasteiger partial charge is 0.271 e. The second-order valence-electron chi connectivity index (χ2n) is 5.60. The molecule has 2 aromatic heterocycles. The van der Waals surface area contributed by atoms with Crippen LogP contribution in [-0.2, 0) is 6.42 Å². The maximum Gasteiger partial charge on any atom is 0.0594 e. The molecule has 110 valence electrons. The second kappa shape index (κ2) is 5.89. The lowest BCUT2D eigenvalue weighted by molar-refractivity contribution is 0.558. The van der Waals surface area contributed by atoms with Crippen LogP contribution in [0.5, 0.6) is 0 Å². The molecule has 3 N–H and O–H groups in total. The molecule has 0 saturated heterocycles. The molecule has 0 saturated carbocycles. The number of fused-ring (bicyclic) bond motifs is 1. The third-order valence-electron chi connectivity index (χ3n) is 3.95. The predicted molar refractivity (Wildman–Crippen MR) is 94.1 cm³/mol. The van der Waals surface area contributed by atoms with Crippen molar-refractivity contribution in [1.29, 1.82) is 0 Å². The van der Waals surface area contributed by atoms with E-state index < -0.39 is 0 Å². The van der Waals surface area contributed by atoms with E-state index in [9.17, 15) is 0 Å². The van der Waals surface area contributed by atoms with Gasteiger partial charge in [0.15, 0.2) is 0 Å². The molecule has 0 fully saturated rings. The number of aryl methyl sites for hydroxylation is 3. The number of nitrogens with two attached hydrogens (primary N) is 1. The summed E-state index contributed by atoms with van der Waals surface area (Å²) in [5.74, 6) is 5.83. The normalized spacial score (nSPS) is 13.0. The molecule has 0 aliphatic heterocycles. The summed E-state index contributed by atoms with van der Waals surface area (Å²) in [5.41, 5.74) is 8.43. The fourth-order valence-electron chi connectivity index (χ4n) is 2.93. The topological polar surface area (TPSA) is 38.0 Å². The fourth-order valence-corrected chi connectivity index (χ4v) is 5.11. The van der Waals surface area contributed by atoms with Crippen molar-refractivity contribution in [1.82, 2.24) is 5.43 Å². The molecule has 4 heteroatoms. The lowest BCUT2D eigenvalue weighted by atomic mass is 9.94. The van der Waals surface area contributed by atoms with Crippen LogP contribution in [0, 0.1) is 20.8 Å². The van der Waals surface area contributed by atoms with E-state index in [2.05, 4.69) is 55.8 Å². The van der Waals surface area contributed by atoms with Gasteiger partial charge in [0.25, 0.3) is 0 Å². The number of hydrogen-bond acceptors (Lipinski definition) is 4. The number of benzene rings is 1. The Morgan fingerprint density at radius 1 is 1.10 bits per heavy atom. The highest BCUT2D eigenvalue weighted by molar-refractivity contribution is 7.26. The Balaban J connectivity index is 1.93. The van der Waals surface area contributed by atoms with Gasteiger partial charge in [0.2, 0.25) is 0 Å². The van der Waals surface area contributed by atoms with Crippen molar-refractivity contribution in [2.45, 2.75) is 33.2 Å². The zero-order chi connectivity index (χ0) is 15.0. The first-order valence-electron chi connectivity index (χ1n) is 7.08. The third-order valence-corrected chi connectivity index (χ3v) is 6.16. The van der Waals surface area contributed by atoms with Crippen molar-refractivity contribution in [2.75, 3.05) is 0 Å². The highest BCUT2D eigenvalue weighted by Crippen LogP contribution is 2.35. The van der Waals surface area contributed by atoms with Crippen molar-refractivity contribution >= 4 is 32.1 Å². The van der Waals surface area contributed by atoms with E-state index in [1.807, 2.05) is 11.3 Å². The Labute approximate surface area is 133 Å². The predicted octanol–water partition coefficient (Wildman–Crippen LogP) is 4.64. The molecule has 0 spiro atoms. The number of nitrogens with one attached hydrogen (secondary N) is 1. The van der Waals surface area contributed by atoms with Crippen molar-refractivity contribution in [3.05, 3.63) is 56.8 Å². The van der Waals surface area contributed by atoms with Gasteiger partial charge >= 0.3 is 0 Å². The molecule has 1 unspecified atom stereocenters. The molecule has 0 aliphatic carbocycles. The minimum atomic E-state index is 0.176. The summed E-state index contributed by atoms with van der Waals surface area (Å²) in [7, 11) is 0. The van der Waals surface area contributed by atoms with E-state index in [1.165, 1.54) is 36.5 Å². The Bertz CT molecular complexity index is 719. The SMILES string of the molecule is Cc1cc(C)c(CC(NN)c2cc3sccc3s2)c(C)c1. The Morgan fingerprint density at radius 3 is 2.43 bits per heavy atom. The van der Waals surface area contributed by atoms with Crippen LogP contribution in [0.25, 0.3) is 9.40 Å². The Hall–Kier alpha value is -1.20. The van der Waals surface area contributed by atoms with Gasteiger partial charge in [0.05, 0.1) is 6.04 Å². The molecule has 0 radical (unpaired) electrons. The van der Waals surface area contributed by atoms with Gasteiger partial charge < -0.3 is 0 Å². The summed E-state index contributed by atoms with van der Waals surface area (Å²) in [6, 6.07) is 9.14. The molecular formula is C17H20N2S2. The van der Waals surface area contributed by atoms with Crippen molar-refractivity contribution in [2.24, 2.45) is 5.84 Å². The van der Waals surface area contributed by atoms with E-state index in [-0.39, 0.29) is 6.04 Å². The number of thiophene rings is 2. The fraction of sp³-hybridized carbons (Fsp3) is 0.294. The zero-order valence-electron chi connectivity index (χ0n) is 12.6. The number of hydrazine groups is 1. The molecule has 1 aromatic carbocycles. The molecule has 2 heterocycles. The summed E-state index contributed by atoms with van der Waals surface area (Å²) < 4.78 is 2.71. The van der Waals surface area contributed by atoms with E-state index in [4.69, 9.17) is 5.84 Å². The summed E-state index contributed by atoms with van der Waals surface area (Å²) >= 11 is 3.63. The molecular weight excluding hydrogens is 296 g/mol. The lowest BCUT2D eigenvalue weighted by Gasteiger charge is -2.18. The Kier molecular flexibility index (Phi) is 4.13. The molecule has 3 aromatic rings. The van der Waals surface area contributed by atoms with Gasteiger partial charge in [-0.2, -0.15) is 0 Å². The summed E-state index contributed by atoms with van der Waals surface area (Å²) in [6.45, 7) is 6.53. The van der Waals surface area contributed by atoms with Crippen molar-refractivity contribution in [3.8, 4) is 0 Å². The second-order valence-corrected chi connectivity index (χ2v) is 7.66. The molecule has 0 amide bonds. The quantitative estimate of drug-likeness (QED) is 0.544. The minimum absolute atomic E-state index is 0.176. The molecule has 21 heavy (non-hydrogen) atoms. The van der Waals surface area contributed by atoms with Crippen molar-refractivity contribution in [3.63, 3.8) is 0 Å². The molecule has 1 atom stereocenters. The van der Waals surface area contributed by atoms with E-state index in [0.29, 0.717) is 0 Å². The van der Waals surface area contributed by atoms with Crippen LogP contribution >= 0.6 is 22.7 Å². The van der Waals surface area contributed by atoms with Gasteiger partial charge in [0, 0.05) is 14.3 Å². The van der Waals surface area contributed by atoms with E-state index in [1.54, 1.807) is 11.3 Å². The van der Waals surface area contributed by atoms with E-state index in [0.717, 1.165) is 6.42 Å². The minimum Gasteiger partial charge on any atom is -0.271 e. The summed E-state index contributed by atoms with van der Waals surface area (Å²) in [4.78, 5) is 1.32. The van der Waals surface area contributed by atoms with Crippen LogP contribution in [-0.4, -0.2) is 0 Å². The van der Waals surface area contributed by atoms with Crippen molar-refractivity contribution < 1.29 is 0 Å². The smallest absolute Gasteiger partial charge is 0.0594 e. The number of rotatable bonds is 4. The Morgan fingerprint density at radius 2 is 1.81 bits per heavy atom. The van der Waals surface area contributed by atoms with Gasteiger partial charge in [0.1, 0.15) is 0 Å². The van der Waals surface area contributed by atoms with Gasteiger partial charge in [-0.3, -0.25) is 11.3 Å². The third kappa shape index (κ3) is 2.90.